The molecule has 2 rings (SSSR count). The molecule has 7 heteroatoms. The zero-order valence-electron chi connectivity index (χ0n) is 20.8. The molecule has 1 fully saturated rings. The minimum absolute atomic E-state index is 0.00616. The Bertz CT molecular complexity index is 820. The third-order valence-corrected chi connectivity index (χ3v) is 6.48. The lowest BCUT2D eigenvalue weighted by Gasteiger charge is -2.29. The molecular weight excluding hydrogens is 424 g/mol. The summed E-state index contributed by atoms with van der Waals surface area (Å²) in [7, 11) is 1.36. The molecule has 1 heterocycles. The van der Waals surface area contributed by atoms with Gasteiger partial charge >= 0.3 is 17.9 Å². The summed E-state index contributed by atoms with van der Waals surface area (Å²) >= 11 is 0. The highest BCUT2D eigenvalue weighted by molar-refractivity contribution is 5.88. The van der Waals surface area contributed by atoms with Gasteiger partial charge in [-0.05, 0) is 58.8 Å². The molecule has 0 aromatic heterocycles. The lowest BCUT2D eigenvalue weighted by atomic mass is 9.83. The molecule has 1 aliphatic heterocycles. The van der Waals surface area contributed by atoms with Crippen molar-refractivity contribution in [1.82, 2.24) is 0 Å². The zero-order valence-corrected chi connectivity index (χ0v) is 20.8. The fourth-order valence-electron chi connectivity index (χ4n) is 4.03. The van der Waals surface area contributed by atoms with Crippen LogP contribution in [0.25, 0.3) is 0 Å². The van der Waals surface area contributed by atoms with Gasteiger partial charge in [0, 0.05) is 11.6 Å². The molecule has 5 atom stereocenters. The number of rotatable bonds is 8. The molecular formula is C26H38O7. The van der Waals surface area contributed by atoms with Crippen LogP contribution in [-0.2, 0) is 33.3 Å². The van der Waals surface area contributed by atoms with Crippen molar-refractivity contribution in [1.29, 1.82) is 0 Å². The van der Waals surface area contributed by atoms with E-state index in [4.69, 9.17) is 18.9 Å². The molecule has 0 spiro atoms. The van der Waals surface area contributed by atoms with Crippen LogP contribution >= 0.6 is 0 Å². The second-order valence-corrected chi connectivity index (χ2v) is 9.40. The van der Waals surface area contributed by atoms with Gasteiger partial charge in [-0.2, -0.15) is 0 Å². The number of epoxide rings is 1. The van der Waals surface area contributed by atoms with Crippen molar-refractivity contribution in [2.24, 2.45) is 11.8 Å². The Kier molecular flexibility index (Phi) is 9.46. The molecule has 7 nitrogen and oxygen atoms in total. The molecule has 0 aromatic rings. The number of carbonyl (C=O) groups excluding carboxylic acids is 3. The highest BCUT2D eigenvalue weighted by Crippen LogP contribution is 2.48. The number of carbonyl (C=O) groups is 3. The Labute approximate surface area is 197 Å². The average molecular weight is 463 g/mol. The van der Waals surface area contributed by atoms with E-state index in [1.54, 1.807) is 0 Å². The van der Waals surface area contributed by atoms with E-state index in [1.807, 2.05) is 40.7 Å². The fourth-order valence-corrected chi connectivity index (χ4v) is 4.03. The first-order chi connectivity index (χ1) is 15.5. The molecule has 2 aliphatic rings. The Morgan fingerprint density at radius 3 is 2.58 bits per heavy atom. The van der Waals surface area contributed by atoms with E-state index in [0.29, 0.717) is 37.7 Å². The Morgan fingerprint density at radius 1 is 1.30 bits per heavy atom. The summed E-state index contributed by atoms with van der Waals surface area (Å²) in [5, 5.41) is 0. The summed E-state index contributed by atoms with van der Waals surface area (Å²) in [6.07, 6.45) is 5.04. The van der Waals surface area contributed by atoms with Gasteiger partial charge in [-0.15, -0.1) is 0 Å². The number of hydrogen-bond acceptors (Lipinski definition) is 7. The van der Waals surface area contributed by atoms with Crippen molar-refractivity contribution in [3.8, 4) is 0 Å². The van der Waals surface area contributed by atoms with E-state index in [-0.39, 0.29) is 36.5 Å². The topological polar surface area (TPSA) is 91.4 Å². The smallest absolute Gasteiger partial charge is 0.333 e. The Morgan fingerprint density at radius 2 is 2.00 bits per heavy atom. The maximum absolute atomic E-state index is 12.6. The molecule has 33 heavy (non-hydrogen) atoms. The monoisotopic (exact) mass is 462 g/mol. The van der Waals surface area contributed by atoms with Gasteiger partial charge in [0.2, 0.25) is 0 Å². The molecule has 0 aromatic carbocycles. The van der Waals surface area contributed by atoms with Gasteiger partial charge < -0.3 is 18.9 Å². The van der Waals surface area contributed by atoms with Gasteiger partial charge in [-0.3, -0.25) is 4.79 Å². The molecule has 1 aliphatic carbocycles. The highest BCUT2D eigenvalue weighted by atomic mass is 16.7. The van der Waals surface area contributed by atoms with Crippen LogP contribution in [0.4, 0.5) is 0 Å². The quantitative estimate of drug-likeness (QED) is 0.173. The van der Waals surface area contributed by atoms with Crippen molar-refractivity contribution in [3.63, 3.8) is 0 Å². The summed E-state index contributed by atoms with van der Waals surface area (Å²) in [5.41, 5.74) is 1.38. The number of ether oxygens (including phenoxy) is 4. The average Bonchev–Trinajstić information content (AvgIpc) is 3.48. The number of hydrogen-bond donors (Lipinski definition) is 0. The van der Waals surface area contributed by atoms with E-state index in [9.17, 15) is 14.4 Å². The lowest BCUT2D eigenvalue weighted by molar-refractivity contribution is -0.156. The van der Waals surface area contributed by atoms with Gasteiger partial charge in [0.15, 0.2) is 5.60 Å². The van der Waals surface area contributed by atoms with E-state index in [1.165, 1.54) is 13.2 Å². The second kappa shape index (κ2) is 11.6. The van der Waals surface area contributed by atoms with Crippen molar-refractivity contribution in [3.05, 3.63) is 35.5 Å². The largest absolute Gasteiger partial charge is 0.466 e. The highest BCUT2D eigenvalue weighted by Gasteiger charge is 2.64. The first-order valence-corrected chi connectivity index (χ1v) is 11.7. The van der Waals surface area contributed by atoms with Crippen molar-refractivity contribution in [2.45, 2.75) is 84.5 Å². The van der Waals surface area contributed by atoms with E-state index in [0.717, 1.165) is 11.1 Å². The molecule has 1 saturated heterocycles. The van der Waals surface area contributed by atoms with Crippen LogP contribution in [0.3, 0.4) is 0 Å². The maximum atomic E-state index is 12.6. The maximum Gasteiger partial charge on any atom is 0.333 e. The van der Waals surface area contributed by atoms with Crippen LogP contribution < -0.4 is 0 Å². The normalized spacial score (nSPS) is 29.3. The van der Waals surface area contributed by atoms with Gasteiger partial charge in [0.25, 0.3) is 0 Å². The van der Waals surface area contributed by atoms with Gasteiger partial charge in [-0.1, -0.05) is 37.6 Å². The van der Waals surface area contributed by atoms with E-state index < -0.39 is 17.7 Å². The molecule has 0 N–H and O–H groups in total. The summed E-state index contributed by atoms with van der Waals surface area (Å²) in [6.45, 7) is 13.4. The van der Waals surface area contributed by atoms with Crippen molar-refractivity contribution >= 4 is 17.9 Å². The molecule has 0 amide bonds. The summed E-state index contributed by atoms with van der Waals surface area (Å²) in [4.78, 5) is 37.2. The number of esters is 3. The van der Waals surface area contributed by atoms with Crippen LogP contribution in [0, 0.1) is 11.8 Å². The number of fused-ring (bicyclic) bond motifs is 1. The van der Waals surface area contributed by atoms with Crippen LogP contribution in [0.1, 0.15) is 66.7 Å². The van der Waals surface area contributed by atoms with Crippen LogP contribution in [0.2, 0.25) is 0 Å². The molecule has 0 radical (unpaired) electrons. The second-order valence-electron chi connectivity index (χ2n) is 9.40. The molecule has 184 valence electrons. The number of methoxy groups -OCH3 is 1. The predicted molar refractivity (Wildman–Crippen MR) is 124 cm³/mol. The standard InChI is InChI=1S/C26H38O7/c1-8-18(6)24(28)31-15-26-21(33-26)12-11-19(25(29)30-7)9-10-20(17(4)5)14-22(26)32-23(27)13-16(2)3/h9,13,18,20-22H,4,8,10-12,14-15H2,1-3,5-7H3/b19-9-/t18-,20+,21-,22+,26+/m1/s1. The third-order valence-electron chi connectivity index (χ3n) is 6.48. The number of allylic oxidation sites excluding steroid dienone is 3. The summed E-state index contributed by atoms with van der Waals surface area (Å²) in [6, 6.07) is 0. The summed E-state index contributed by atoms with van der Waals surface area (Å²) < 4.78 is 22.6. The Balaban J connectivity index is 2.38. The first kappa shape index (κ1) is 26.8. The van der Waals surface area contributed by atoms with Crippen LogP contribution in [0.15, 0.2) is 35.5 Å². The van der Waals surface area contributed by atoms with E-state index >= 15 is 0 Å². The predicted octanol–water partition coefficient (Wildman–Crippen LogP) is 4.46. The van der Waals surface area contributed by atoms with Gasteiger partial charge in [0.1, 0.15) is 12.7 Å². The SMILES string of the molecule is C=C(C)[C@H]1C/C=C(\C(=O)OC)CC[C@H]2O[C@]2(COC(=O)[C@H](C)CC)[C@@H](OC(=O)C=C(C)C)C1. The lowest BCUT2D eigenvalue weighted by Crippen LogP contribution is -2.43. The first-order valence-electron chi connectivity index (χ1n) is 11.7. The molecule has 0 bridgehead atoms. The minimum atomic E-state index is -0.944. The minimum Gasteiger partial charge on any atom is -0.466 e. The van der Waals surface area contributed by atoms with E-state index in [2.05, 4.69) is 6.58 Å². The van der Waals surface area contributed by atoms with Gasteiger partial charge in [0.05, 0.1) is 19.1 Å². The molecule has 0 unspecified atom stereocenters. The van der Waals surface area contributed by atoms with Crippen molar-refractivity contribution in [2.75, 3.05) is 13.7 Å². The van der Waals surface area contributed by atoms with Crippen LogP contribution in [0.5, 0.6) is 0 Å². The van der Waals surface area contributed by atoms with Crippen molar-refractivity contribution < 1.29 is 33.3 Å². The van der Waals surface area contributed by atoms with Crippen LogP contribution in [-0.4, -0.2) is 49.4 Å². The summed E-state index contributed by atoms with van der Waals surface area (Å²) in [5.74, 6) is -1.41. The molecule has 0 saturated carbocycles. The fraction of sp³-hybridized carbons (Fsp3) is 0.654. The van der Waals surface area contributed by atoms with Gasteiger partial charge in [-0.25, -0.2) is 9.59 Å². The Hall–Kier alpha value is -2.41. The zero-order chi connectivity index (χ0) is 24.8. The third kappa shape index (κ3) is 7.03.